The predicted molar refractivity (Wildman–Crippen MR) is 107 cm³/mol. The topological polar surface area (TPSA) is 72.5 Å². The van der Waals surface area contributed by atoms with E-state index in [2.05, 4.69) is 5.32 Å². The van der Waals surface area contributed by atoms with Gasteiger partial charge in [0.15, 0.2) is 12.4 Å². The molecule has 3 aromatic rings. The molecule has 3 aromatic carbocycles. The van der Waals surface area contributed by atoms with Crippen LogP contribution in [0.4, 0.5) is 5.69 Å². The minimum absolute atomic E-state index is 0.236. The highest BCUT2D eigenvalue weighted by Crippen LogP contribution is 2.13. The Morgan fingerprint density at radius 2 is 1.36 bits per heavy atom. The Morgan fingerprint density at radius 1 is 0.750 bits per heavy atom. The average molecular weight is 373 g/mol. The number of ether oxygens (including phenoxy) is 1. The van der Waals surface area contributed by atoms with Crippen molar-refractivity contribution in [1.29, 1.82) is 0 Å². The van der Waals surface area contributed by atoms with Gasteiger partial charge < -0.3 is 10.1 Å². The van der Waals surface area contributed by atoms with Crippen LogP contribution in [0.2, 0.25) is 0 Å². The number of hydrogen-bond donors (Lipinski definition) is 1. The molecule has 140 valence electrons. The first-order chi connectivity index (χ1) is 13.5. The molecule has 0 aliphatic heterocycles. The molecule has 0 heterocycles. The van der Waals surface area contributed by atoms with Crippen molar-refractivity contribution in [2.24, 2.45) is 0 Å². The van der Waals surface area contributed by atoms with E-state index in [0.29, 0.717) is 22.4 Å². The molecule has 0 saturated heterocycles. The van der Waals surface area contributed by atoms with E-state index in [1.807, 2.05) is 25.1 Å². The molecule has 0 fully saturated rings. The van der Waals surface area contributed by atoms with Crippen LogP contribution in [0.1, 0.15) is 36.6 Å². The van der Waals surface area contributed by atoms with Gasteiger partial charge in [-0.15, -0.1) is 0 Å². The molecule has 0 saturated carbocycles. The van der Waals surface area contributed by atoms with Gasteiger partial charge in [0.2, 0.25) is 0 Å². The number of esters is 1. The average Bonchev–Trinajstić information content (AvgIpc) is 2.73. The van der Waals surface area contributed by atoms with Crippen molar-refractivity contribution < 1.29 is 19.1 Å². The van der Waals surface area contributed by atoms with Gasteiger partial charge in [0.25, 0.3) is 5.91 Å². The largest absolute Gasteiger partial charge is 0.454 e. The highest BCUT2D eigenvalue weighted by atomic mass is 16.5. The predicted octanol–water partition coefficient (Wildman–Crippen LogP) is 4.29. The van der Waals surface area contributed by atoms with E-state index in [-0.39, 0.29) is 18.3 Å². The third-order valence-electron chi connectivity index (χ3n) is 4.12. The van der Waals surface area contributed by atoms with Crippen LogP contribution in [0.15, 0.2) is 78.9 Å². The second-order valence-electron chi connectivity index (χ2n) is 6.26. The number of rotatable bonds is 6. The Balaban J connectivity index is 1.55. The van der Waals surface area contributed by atoms with Gasteiger partial charge in [-0.1, -0.05) is 48.0 Å². The van der Waals surface area contributed by atoms with E-state index >= 15 is 0 Å². The number of amides is 1. The number of carbonyl (C=O) groups excluding carboxylic acids is 3. The normalized spacial score (nSPS) is 10.2. The smallest absolute Gasteiger partial charge is 0.338 e. The van der Waals surface area contributed by atoms with Crippen molar-refractivity contribution in [2.45, 2.75) is 6.92 Å². The van der Waals surface area contributed by atoms with Gasteiger partial charge in [0, 0.05) is 16.8 Å². The summed E-state index contributed by atoms with van der Waals surface area (Å²) in [7, 11) is 0. The van der Waals surface area contributed by atoms with Crippen LogP contribution < -0.4 is 5.32 Å². The number of Topliss-reactive ketones (excluding diaryl/α,β-unsaturated/α-hetero) is 1. The fourth-order valence-corrected chi connectivity index (χ4v) is 2.52. The Morgan fingerprint density at radius 3 is 2.00 bits per heavy atom. The van der Waals surface area contributed by atoms with Crippen molar-refractivity contribution in [3.63, 3.8) is 0 Å². The third kappa shape index (κ3) is 4.92. The molecular weight excluding hydrogens is 354 g/mol. The molecule has 1 N–H and O–H groups in total. The summed E-state index contributed by atoms with van der Waals surface area (Å²) in [6, 6.07) is 22.2. The highest BCUT2D eigenvalue weighted by molar-refractivity contribution is 6.04. The maximum atomic E-state index is 12.1. The molecule has 3 rings (SSSR count). The lowest BCUT2D eigenvalue weighted by Crippen LogP contribution is -2.15. The minimum Gasteiger partial charge on any atom is -0.454 e. The van der Waals surface area contributed by atoms with E-state index in [1.165, 1.54) is 0 Å². The van der Waals surface area contributed by atoms with Crippen LogP contribution in [0, 0.1) is 6.92 Å². The summed E-state index contributed by atoms with van der Waals surface area (Å²) < 4.78 is 5.09. The molecule has 0 spiro atoms. The first-order valence-corrected chi connectivity index (χ1v) is 8.76. The molecular formula is C23H19NO4. The maximum Gasteiger partial charge on any atom is 0.338 e. The summed E-state index contributed by atoms with van der Waals surface area (Å²) in [6.07, 6.45) is 0. The molecule has 28 heavy (non-hydrogen) atoms. The van der Waals surface area contributed by atoms with Crippen LogP contribution in [-0.4, -0.2) is 24.3 Å². The highest BCUT2D eigenvalue weighted by Gasteiger charge is 2.12. The van der Waals surface area contributed by atoms with Crippen molar-refractivity contribution in [2.75, 3.05) is 11.9 Å². The van der Waals surface area contributed by atoms with Crippen LogP contribution >= 0.6 is 0 Å². The van der Waals surface area contributed by atoms with Crippen molar-refractivity contribution in [1.82, 2.24) is 0 Å². The zero-order chi connectivity index (χ0) is 19.9. The zero-order valence-corrected chi connectivity index (χ0v) is 15.3. The van der Waals surface area contributed by atoms with Gasteiger partial charge in [0.1, 0.15) is 0 Å². The summed E-state index contributed by atoms with van der Waals surface area (Å²) in [5, 5.41) is 2.76. The lowest BCUT2D eigenvalue weighted by Gasteiger charge is -2.07. The molecule has 0 aliphatic carbocycles. The molecule has 1 amide bonds. The van der Waals surface area contributed by atoms with Gasteiger partial charge >= 0.3 is 5.97 Å². The van der Waals surface area contributed by atoms with Crippen molar-refractivity contribution in [3.05, 3.63) is 101 Å². The molecule has 0 aliphatic rings. The van der Waals surface area contributed by atoms with Crippen LogP contribution in [0.3, 0.4) is 0 Å². The Hall–Kier alpha value is -3.73. The molecule has 0 aromatic heterocycles. The zero-order valence-electron chi connectivity index (χ0n) is 15.3. The lowest BCUT2D eigenvalue weighted by molar-refractivity contribution is 0.0475. The van der Waals surface area contributed by atoms with E-state index < -0.39 is 5.97 Å². The summed E-state index contributed by atoms with van der Waals surface area (Å²) >= 11 is 0. The number of aryl methyl sites for hydroxylation is 1. The lowest BCUT2D eigenvalue weighted by atomic mass is 10.1. The van der Waals surface area contributed by atoms with Crippen molar-refractivity contribution in [3.8, 4) is 0 Å². The summed E-state index contributed by atoms with van der Waals surface area (Å²) in [4.78, 5) is 36.3. The SMILES string of the molecule is Cc1ccc(C(=O)COC(=O)c2ccc(NC(=O)c3ccccc3)cc2)cc1. The van der Waals surface area contributed by atoms with Gasteiger partial charge in [-0.2, -0.15) is 0 Å². The van der Waals surface area contributed by atoms with E-state index in [4.69, 9.17) is 4.74 Å². The first-order valence-electron chi connectivity index (χ1n) is 8.76. The number of benzene rings is 3. The number of anilines is 1. The van der Waals surface area contributed by atoms with Crippen LogP contribution in [0.5, 0.6) is 0 Å². The summed E-state index contributed by atoms with van der Waals surface area (Å²) in [6.45, 7) is 1.61. The Kier molecular flexibility index (Phi) is 5.97. The molecule has 0 bridgehead atoms. The molecule has 0 radical (unpaired) electrons. The third-order valence-corrected chi connectivity index (χ3v) is 4.12. The second-order valence-corrected chi connectivity index (χ2v) is 6.26. The Labute approximate surface area is 163 Å². The number of ketones is 1. The summed E-state index contributed by atoms with van der Waals surface area (Å²) in [5.41, 5.74) is 2.95. The second kappa shape index (κ2) is 8.77. The van der Waals surface area contributed by atoms with Gasteiger partial charge in [-0.3, -0.25) is 9.59 Å². The Bertz CT molecular complexity index is 977. The van der Waals surface area contributed by atoms with Crippen LogP contribution in [0.25, 0.3) is 0 Å². The van der Waals surface area contributed by atoms with E-state index in [1.54, 1.807) is 60.7 Å². The van der Waals surface area contributed by atoms with Gasteiger partial charge in [0.05, 0.1) is 5.56 Å². The minimum atomic E-state index is -0.596. The molecule has 5 heteroatoms. The van der Waals surface area contributed by atoms with Gasteiger partial charge in [-0.25, -0.2) is 4.79 Å². The number of hydrogen-bond acceptors (Lipinski definition) is 4. The van der Waals surface area contributed by atoms with E-state index in [0.717, 1.165) is 5.56 Å². The van der Waals surface area contributed by atoms with Crippen LogP contribution in [-0.2, 0) is 4.74 Å². The molecule has 5 nitrogen and oxygen atoms in total. The van der Waals surface area contributed by atoms with Gasteiger partial charge in [-0.05, 0) is 43.3 Å². The fourth-order valence-electron chi connectivity index (χ4n) is 2.52. The monoisotopic (exact) mass is 373 g/mol. The number of nitrogens with one attached hydrogen (secondary N) is 1. The van der Waals surface area contributed by atoms with Crippen molar-refractivity contribution >= 4 is 23.3 Å². The fraction of sp³-hybridized carbons (Fsp3) is 0.0870. The first kappa shape index (κ1) is 19.0. The maximum absolute atomic E-state index is 12.1. The standard InChI is InChI=1S/C23H19NO4/c1-16-7-9-17(10-8-16)21(25)15-28-23(27)19-11-13-20(14-12-19)24-22(26)18-5-3-2-4-6-18/h2-14H,15H2,1H3,(H,24,26). The quantitative estimate of drug-likeness (QED) is 0.517. The molecule has 0 atom stereocenters. The number of carbonyl (C=O) groups is 3. The summed E-state index contributed by atoms with van der Waals surface area (Å²) in [5.74, 6) is -1.10. The van der Waals surface area contributed by atoms with E-state index in [9.17, 15) is 14.4 Å². The molecule has 0 unspecified atom stereocenters.